The third kappa shape index (κ3) is 5.30. The average molecular weight is 475 g/mol. The number of rotatable bonds is 7. The van der Waals surface area contributed by atoms with Crippen molar-refractivity contribution in [3.05, 3.63) is 34.1 Å². The molecule has 1 aliphatic carbocycles. The molecular formula is C24H34N4O4S. The van der Waals surface area contributed by atoms with E-state index in [-0.39, 0.29) is 30.7 Å². The van der Waals surface area contributed by atoms with E-state index in [2.05, 4.69) is 22.4 Å². The molecule has 0 aromatic carbocycles. The molecule has 180 valence electrons. The van der Waals surface area contributed by atoms with E-state index in [4.69, 9.17) is 4.52 Å². The molecule has 1 saturated heterocycles. The predicted octanol–water partition coefficient (Wildman–Crippen LogP) is 3.23. The van der Waals surface area contributed by atoms with Crippen LogP contribution >= 0.6 is 11.3 Å². The molecular weight excluding hydrogens is 440 g/mol. The summed E-state index contributed by atoms with van der Waals surface area (Å²) in [7, 11) is 0. The Hall–Kier alpha value is -2.26. The Kier molecular flexibility index (Phi) is 7.48. The predicted molar refractivity (Wildman–Crippen MR) is 125 cm³/mol. The van der Waals surface area contributed by atoms with Gasteiger partial charge in [-0.25, -0.2) is 4.98 Å². The first-order valence-corrected chi connectivity index (χ1v) is 12.8. The van der Waals surface area contributed by atoms with Crippen molar-refractivity contribution < 1.29 is 19.2 Å². The van der Waals surface area contributed by atoms with Crippen LogP contribution in [0.25, 0.3) is 0 Å². The summed E-state index contributed by atoms with van der Waals surface area (Å²) >= 11 is 1.75. The summed E-state index contributed by atoms with van der Waals surface area (Å²) in [6.07, 6.45) is 5.44. The van der Waals surface area contributed by atoms with Crippen LogP contribution in [0.4, 0.5) is 0 Å². The van der Waals surface area contributed by atoms with E-state index in [1.165, 1.54) is 16.0 Å². The molecule has 4 rings (SSSR count). The number of aliphatic hydroxyl groups is 1. The third-order valence-corrected chi connectivity index (χ3v) is 8.22. The van der Waals surface area contributed by atoms with E-state index >= 15 is 0 Å². The lowest BCUT2D eigenvalue weighted by molar-refractivity contribution is -0.141. The van der Waals surface area contributed by atoms with E-state index in [1.807, 2.05) is 19.4 Å². The molecule has 0 spiro atoms. The fourth-order valence-corrected chi connectivity index (χ4v) is 6.28. The number of β-amino-alcohol motifs (C(OH)–C–C–N with tert-alkyl or cyclic N) is 1. The molecule has 0 unspecified atom stereocenters. The van der Waals surface area contributed by atoms with Gasteiger partial charge in [-0.1, -0.05) is 19.0 Å². The summed E-state index contributed by atoms with van der Waals surface area (Å²) in [6.45, 7) is 6.73. The van der Waals surface area contributed by atoms with Crippen LogP contribution in [0.15, 0.2) is 22.3 Å². The van der Waals surface area contributed by atoms with Gasteiger partial charge in [0.05, 0.1) is 23.5 Å². The Labute approximate surface area is 198 Å². The molecule has 1 saturated carbocycles. The molecule has 9 heteroatoms. The fourth-order valence-electron chi connectivity index (χ4n) is 5.30. The van der Waals surface area contributed by atoms with Crippen LogP contribution in [0, 0.1) is 18.8 Å². The fraction of sp³-hybridized carbons (Fsp3) is 0.667. The van der Waals surface area contributed by atoms with Crippen molar-refractivity contribution in [2.45, 2.75) is 76.9 Å². The second-order valence-corrected chi connectivity index (χ2v) is 10.7. The van der Waals surface area contributed by atoms with Gasteiger partial charge < -0.3 is 19.8 Å². The van der Waals surface area contributed by atoms with Crippen LogP contribution in [0.5, 0.6) is 0 Å². The molecule has 2 aromatic heterocycles. The molecule has 1 aliphatic heterocycles. The first-order valence-electron chi connectivity index (χ1n) is 11.9. The quantitative estimate of drug-likeness (QED) is 0.638. The van der Waals surface area contributed by atoms with Crippen molar-refractivity contribution in [1.29, 1.82) is 0 Å². The maximum Gasteiger partial charge on any atom is 0.242 e. The molecule has 2 amide bonds. The molecule has 33 heavy (non-hydrogen) atoms. The number of likely N-dealkylation sites (tertiary alicyclic amines) is 1. The van der Waals surface area contributed by atoms with Crippen LogP contribution in [0.2, 0.25) is 0 Å². The van der Waals surface area contributed by atoms with Gasteiger partial charge in [0.2, 0.25) is 11.8 Å². The Morgan fingerprint density at radius 3 is 2.67 bits per heavy atom. The van der Waals surface area contributed by atoms with Gasteiger partial charge >= 0.3 is 0 Å². The van der Waals surface area contributed by atoms with E-state index in [9.17, 15) is 14.7 Å². The zero-order valence-corrected chi connectivity index (χ0v) is 20.4. The smallest absolute Gasteiger partial charge is 0.242 e. The van der Waals surface area contributed by atoms with Gasteiger partial charge in [0.15, 0.2) is 0 Å². The van der Waals surface area contributed by atoms with Crippen LogP contribution < -0.4 is 5.32 Å². The lowest BCUT2D eigenvalue weighted by Gasteiger charge is -2.30. The molecule has 0 bridgehead atoms. The summed E-state index contributed by atoms with van der Waals surface area (Å²) in [4.78, 5) is 33.7. The van der Waals surface area contributed by atoms with Crippen LogP contribution in [0.1, 0.15) is 74.1 Å². The minimum absolute atomic E-state index is 0.0238. The zero-order valence-electron chi connectivity index (χ0n) is 19.6. The minimum Gasteiger partial charge on any atom is -0.391 e. The van der Waals surface area contributed by atoms with Crippen molar-refractivity contribution >= 4 is 23.2 Å². The SMILES string of the molecule is Cc1ncsc1C1CCC(CNC(=O)[C@@H]2C[C@@H](O)CN2C(=O)[C@@H](c2ccno2)C(C)C)CC1. The van der Waals surface area contributed by atoms with Crippen molar-refractivity contribution in [2.24, 2.45) is 11.8 Å². The molecule has 2 aromatic rings. The number of hydrogen-bond donors (Lipinski definition) is 2. The number of carbonyl (C=O) groups is 2. The first kappa shape index (κ1) is 23.9. The Balaban J connectivity index is 1.33. The second-order valence-electron chi connectivity index (χ2n) is 9.80. The average Bonchev–Trinajstić information content (AvgIpc) is 3.54. The van der Waals surface area contributed by atoms with E-state index in [0.717, 1.165) is 31.4 Å². The van der Waals surface area contributed by atoms with Crippen LogP contribution in [-0.4, -0.2) is 57.2 Å². The van der Waals surface area contributed by atoms with Gasteiger partial charge in [0.1, 0.15) is 17.7 Å². The number of nitrogens with zero attached hydrogens (tertiary/aromatic N) is 3. The number of hydrogen-bond acceptors (Lipinski definition) is 7. The van der Waals surface area contributed by atoms with E-state index in [0.29, 0.717) is 24.1 Å². The number of nitrogens with one attached hydrogen (secondary N) is 1. The lowest BCUT2D eigenvalue weighted by atomic mass is 9.81. The second kappa shape index (κ2) is 10.3. The topological polar surface area (TPSA) is 109 Å². The van der Waals surface area contributed by atoms with Crippen LogP contribution in [-0.2, 0) is 9.59 Å². The largest absolute Gasteiger partial charge is 0.391 e. The van der Waals surface area contributed by atoms with Crippen LogP contribution in [0.3, 0.4) is 0 Å². The van der Waals surface area contributed by atoms with Gasteiger partial charge in [-0.3, -0.25) is 9.59 Å². The van der Waals surface area contributed by atoms with Gasteiger partial charge in [0, 0.05) is 30.5 Å². The third-order valence-electron chi connectivity index (χ3n) is 7.13. The van der Waals surface area contributed by atoms with Crippen molar-refractivity contribution in [3.8, 4) is 0 Å². The maximum absolute atomic E-state index is 13.4. The first-order chi connectivity index (χ1) is 15.8. The monoisotopic (exact) mass is 474 g/mol. The molecule has 0 radical (unpaired) electrons. The number of aliphatic hydroxyl groups excluding tert-OH is 1. The number of aromatic nitrogens is 2. The van der Waals surface area contributed by atoms with Gasteiger partial charge in [-0.2, -0.15) is 0 Å². The Morgan fingerprint density at radius 2 is 2.06 bits per heavy atom. The van der Waals surface area contributed by atoms with Gasteiger partial charge in [-0.15, -0.1) is 11.3 Å². The van der Waals surface area contributed by atoms with Gasteiger partial charge in [0.25, 0.3) is 0 Å². The highest BCUT2D eigenvalue weighted by Crippen LogP contribution is 2.38. The Morgan fingerprint density at radius 1 is 1.30 bits per heavy atom. The zero-order chi connectivity index (χ0) is 23.5. The van der Waals surface area contributed by atoms with Crippen molar-refractivity contribution in [3.63, 3.8) is 0 Å². The normalized spacial score (nSPS) is 26.5. The summed E-state index contributed by atoms with van der Waals surface area (Å²) in [5.74, 6) is 0.573. The molecule has 2 aliphatic rings. The number of aryl methyl sites for hydroxylation is 1. The summed E-state index contributed by atoms with van der Waals surface area (Å²) in [5.41, 5.74) is 3.07. The van der Waals surface area contributed by atoms with Crippen molar-refractivity contribution in [1.82, 2.24) is 20.4 Å². The molecule has 2 fully saturated rings. The minimum atomic E-state index is -0.703. The Bertz CT molecular complexity index is 936. The highest BCUT2D eigenvalue weighted by molar-refractivity contribution is 7.09. The standard InChI is InChI=1S/C24H34N4O4S/c1-14(2)21(20-8-9-27-32-20)24(31)28-12-18(29)10-19(28)23(30)25-11-16-4-6-17(7-5-16)22-15(3)26-13-33-22/h8-9,13-14,16-19,21,29H,4-7,10-12H2,1-3H3,(H,25,30)/t16?,17?,18-,19+,21-/m1/s1. The summed E-state index contributed by atoms with van der Waals surface area (Å²) in [5, 5.41) is 17.1. The molecule has 2 N–H and O–H groups in total. The summed E-state index contributed by atoms with van der Waals surface area (Å²) in [6, 6.07) is 1.03. The highest BCUT2D eigenvalue weighted by atomic mass is 32.1. The molecule has 8 nitrogen and oxygen atoms in total. The van der Waals surface area contributed by atoms with Crippen molar-refractivity contribution in [2.75, 3.05) is 13.1 Å². The van der Waals surface area contributed by atoms with E-state index in [1.54, 1.807) is 17.4 Å². The number of thiazole rings is 1. The molecule has 3 atom stereocenters. The van der Waals surface area contributed by atoms with E-state index < -0.39 is 18.1 Å². The molecule has 3 heterocycles. The lowest BCUT2D eigenvalue weighted by Crippen LogP contribution is -2.49. The van der Waals surface area contributed by atoms with Gasteiger partial charge in [-0.05, 0) is 50.4 Å². The maximum atomic E-state index is 13.4. The highest BCUT2D eigenvalue weighted by Gasteiger charge is 2.43. The summed E-state index contributed by atoms with van der Waals surface area (Å²) < 4.78 is 5.27. The number of carbonyl (C=O) groups excluding carboxylic acids is 2. The number of amides is 2.